The fourth-order valence-corrected chi connectivity index (χ4v) is 1.86. The van der Waals surface area contributed by atoms with Gasteiger partial charge in [-0.15, -0.1) is 0 Å². The van der Waals surface area contributed by atoms with E-state index < -0.39 is 30.7 Å². The van der Waals surface area contributed by atoms with Gasteiger partial charge in [0.2, 0.25) is 5.91 Å². The number of ether oxygens (including phenoxy) is 1. The Bertz CT molecular complexity index is 562. The van der Waals surface area contributed by atoms with Crippen LogP contribution < -0.4 is 15.4 Å². The molecule has 0 aliphatic carbocycles. The van der Waals surface area contributed by atoms with Crippen molar-refractivity contribution < 1.29 is 27.5 Å². The molecule has 0 unspecified atom stereocenters. The molecule has 2 atom stereocenters. The van der Waals surface area contributed by atoms with Gasteiger partial charge in [-0.1, -0.05) is 0 Å². The molecule has 2 amide bonds. The molecule has 0 spiro atoms. The Kier molecular flexibility index (Phi) is 4.01. The maximum absolute atomic E-state index is 12.5. The Morgan fingerprint density at radius 2 is 2.24 bits per heavy atom. The van der Waals surface area contributed by atoms with Crippen LogP contribution in [0.1, 0.15) is 13.3 Å². The van der Waals surface area contributed by atoms with Gasteiger partial charge in [0.05, 0.1) is 0 Å². The van der Waals surface area contributed by atoms with Crippen molar-refractivity contribution in [2.75, 3.05) is 5.32 Å². The lowest BCUT2D eigenvalue weighted by Gasteiger charge is -2.14. The number of carbonyl (C=O) groups excluding carboxylic acids is 2. The minimum absolute atomic E-state index is 0.150. The number of nitrogens with one attached hydrogen (secondary N) is 2. The molecule has 1 aliphatic rings. The van der Waals surface area contributed by atoms with Crippen molar-refractivity contribution in [3.63, 3.8) is 0 Å². The predicted octanol–water partition coefficient (Wildman–Crippen LogP) is 1.24. The molecular formula is C12H12F3N3O3. The lowest BCUT2D eigenvalue weighted by atomic mass is 10.2. The third-order valence-corrected chi connectivity index (χ3v) is 2.77. The van der Waals surface area contributed by atoms with Gasteiger partial charge in [-0.25, -0.2) is 4.98 Å². The second kappa shape index (κ2) is 5.58. The second-order valence-corrected chi connectivity index (χ2v) is 4.50. The molecule has 9 heteroatoms. The van der Waals surface area contributed by atoms with Gasteiger partial charge in [0, 0.05) is 25.6 Å². The number of anilines is 1. The summed E-state index contributed by atoms with van der Waals surface area (Å²) in [5, 5.41) is 4.24. The predicted molar refractivity (Wildman–Crippen MR) is 65.6 cm³/mol. The largest absolute Gasteiger partial charge is 0.480 e. The summed E-state index contributed by atoms with van der Waals surface area (Å²) in [6.45, 7) is 1.29. The van der Waals surface area contributed by atoms with Gasteiger partial charge in [-0.2, -0.15) is 13.2 Å². The Labute approximate surface area is 117 Å². The highest BCUT2D eigenvalue weighted by atomic mass is 19.4. The summed E-state index contributed by atoms with van der Waals surface area (Å²) < 4.78 is 42.8. The molecule has 0 saturated carbocycles. The van der Waals surface area contributed by atoms with E-state index in [0.717, 1.165) is 0 Å². The van der Waals surface area contributed by atoms with Gasteiger partial charge >= 0.3 is 6.18 Å². The van der Waals surface area contributed by atoms with Crippen LogP contribution in [0, 0.1) is 0 Å². The van der Waals surface area contributed by atoms with Gasteiger partial charge < -0.3 is 15.4 Å². The van der Waals surface area contributed by atoms with Crippen molar-refractivity contribution in [1.29, 1.82) is 0 Å². The zero-order valence-corrected chi connectivity index (χ0v) is 10.9. The Morgan fingerprint density at radius 3 is 2.81 bits per heavy atom. The number of carbonyl (C=O) groups is 2. The summed E-state index contributed by atoms with van der Waals surface area (Å²) in [5.74, 6) is -0.840. The highest BCUT2D eigenvalue weighted by Crippen LogP contribution is 2.29. The number of alkyl halides is 3. The van der Waals surface area contributed by atoms with E-state index in [0.29, 0.717) is 0 Å². The van der Waals surface area contributed by atoms with Crippen molar-refractivity contribution in [2.24, 2.45) is 0 Å². The van der Waals surface area contributed by atoms with Gasteiger partial charge in [0.1, 0.15) is 17.6 Å². The standard InChI is InChI=1S/C12H12F3N3O3/c1-6(19)17-10-4-7(2-3-16-10)21-8-5-9(12(13,14)15)18-11(8)20/h2-4,8-9H,5H2,1H3,(H,18,20)(H,16,17,19)/t8-,9-/m0/s1. The number of aromatic nitrogens is 1. The molecule has 2 heterocycles. The monoisotopic (exact) mass is 303 g/mol. The smallest absolute Gasteiger partial charge is 0.408 e. The minimum atomic E-state index is -4.51. The van der Waals surface area contributed by atoms with Crippen LogP contribution in [0.4, 0.5) is 19.0 Å². The highest BCUT2D eigenvalue weighted by Gasteiger charge is 2.48. The van der Waals surface area contributed by atoms with Crippen molar-refractivity contribution in [2.45, 2.75) is 31.7 Å². The summed E-state index contributed by atoms with van der Waals surface area (Å²) in [6, 6.07) is 0.807. The molecule has 0 bridgehead atoms. The SMILES string of the molecule is CC(=O)Nc1cc(O[C@H]2C[C@@H](C(F)(F)F)NC2=O)ccn1. The van der Waals surface area contributed by atoms with Crippen molar-refractivity contribution >= 4 is 17.6 Å². The number of hydrogen-bond donors (Lipinski definition) is 2. The normalized spacial score (nSPS) is 21.8. The number of amides is 2. The van der Waals surface area contributed by atoms with Crippen molar-refractivity contribution in [3.05, 3.63) is 18.3 Å². The Morgan fingerprint density at radius 1 is 1.52 bits per heavy atom. The van der Waals surface area contributed by atoms with Crippen LogP contribution in [0.15, 0.2) is 18.3 Å². The maximum Gasteiger partial charge on any atom is 0.408 e. The molecule has 114 valence electrons. The van der Waals surface area contributed by atoms with E-state index in [2.05, 4.69) is 10.3 Å². The van der Waals surface area contributed by atoms with Crippen molar-refractivity contribution in [1.82, 2.24) is 10.3 Å². The molecule has 1 fully saturated rings. The van der Waals surface area contributed by atoms with Gasteiger partial charge in [-0.05, 0) is 6.07 Å². The lowest BCUT2D eigenvalue weighted by Crippen LogP contribution is -2.38. The number of rotatable bonds is 3. The average Bonchev–Trinajstić information content (AvgIpc) is 2.70. The molecule has 1 aromatic rings. The zero-order valence-electron chi connectivity index (χ0n) is 10.9. The third-order valence-electron chi connectivity index (χ3n) is 2.77. The molecule has 0 aromatic carbocycles. The van der Waals surface area contributed by atoms with E-state index >= 15 is 0 Å². The summed E-state index contributed by atoms with van der Waals surface area (Å²) in [5.41, 5.74) is 0. The fourth-order valence-electron chi connectivity index (χ4n) is 1.86. The topological polar surface area (TPSA) is 80.3 Å². The number of pyridine rings is 1. The van der Waals surface area contributed by atoms with Crippen LogP contribution in [0.2, 0.25) is 0 Å². The maximum atomic E-state index is 12.5. The molecular weight excluding hydrogens is 291 g/mol. The average molecular weight is 303 g/mol. The summed E-state index contributed by atoms with van der Waals surface area (Å²) in [7, 11) is 0. The molecule has 2 rings (SSSR count). The number of nitrogens with zero attached hydrogens (tertiary/aromatic N) is 1. The Hall–Kier alpha value is -2.32. The Balaban J connectivity index is 2.05. The lowest BCUT2D eigenvalue weighted by molar-refractivity contribution is -0.155. The molecule has 2 N–H and O–H groups in total. The van der Waals surface area contributed by atoms with E-state index in [4.69, 9.17) is 4.74 Å². The summed E-state index contributed by atoms with van der Waals surface area (Å²) in [4.78, 5) is 26.2. The van der Waals surface area contributed by atoms with Crippen LogP contribution in [0.5, 0.6) is 5.75 Å². The molecule has 6 nitrogen and oxygen atoms in total. The number of halogens is 3. The van der Waals surface area contributed by atoms with E-state index in [9.17, 15) is 22.8 Å². The fraction of sp³-hybridized carbons (Fsp3) is 0.417. The van der Waals surface area contributed by atoms with Crippen LogP contribution in [-0.2, 0) is 9.59 Å². The van der Waals surface area contributed by atoms with E-state index in [1.165, 1.54) is 25.3 Å². The first-order chi connectivity index (χ1) is 9.75. The minimum Gasteiger partial charge on any atom is -0.480 e. The quantitative estimate of drug-likeness (QED) is 0.880. The van der Waals surface area contributed by atoms with Gasteiger partial charge in [-0.3, -0.25) is 9.59 Å². The molecule has 1 saturated heterocycles. The number of hydrogen-bond acceptors (Lipinski definition) is 4. The summed E-state index contributed by atoms with van der Waals surface area (Å²) in [6.07, 6.45) is -4.92. The summed E-state index contributed by atoms with van der Waals surface area (Å²) >= 11 is 0. The third kappa shape index (κ3) is 3.83. The highest BCUT2D eigenvalue weighted by molar-refractivity contribution is 5.87. The van der Waals surface area contributed by atoms with Crippen LogP contribution in [0.3, 0.4) is 0 Å². The van der Waals surface area contributed by atoms with E-state index in [-0.39, 0.29) is 17.5 Å². The second-order valence-electron chi connectivity index (χ2n) is 4.50. The first kappa shape index (κ1) is 15.1. The molecule has 21 heavy (non-hydrogen) atoms. The zero-order chi connectivity index (χ0) is 15.6. The van der Waals surface area contributed by atoms with E-state index in [1.807, 2.05) is 5.32 Å². The van der Waals surface area contributed by atoms with Gasteiger partial charge in [0.25, 0.3) is 5.91 Å². The van der Waals surface area contributed by atoms with Crippen LogP contribution in [0.25, 0.3) is 0 Å². The van der Waals surface area contributed by atoms with Gasteiger partial charge in [0.15, 0.2) is 6.10 Å². The van der Waals surface area contributed by atoms with Crippen LogP contribution in [-0.4, -0.2) is 35.1 Å². The van der Waals surface area contributed by atoms with E-state index in [1.54, 1.807) is 0 Å². The molecule has 1 aliphatic heterocycles. The first-order valence-corrected chi connectivity index (χ1v) is 6.03. The van der Waals surface area contributed by atoms with Crippen molar-refractivity contribution in [3.8, 4) is 5.75 Å². The molecule has 1 aromatic heterocycles. The molecule has 0 radical (unpaired) electrons. The first-order valence-electron chi connectivity index (χ1n) is 6.03. The van der Waals surface area contributed by atoms with Crippen LogP contribution >= 0.6 is 0 Å².